The van der Waals surface area contributed by atoms with Crippen LogP contribution in [0.3, 0.4) is 0 Å². The van der Waals surface area contributed by atoms with Gasteiger partial charge < -0.3 is 15.7 Å². The van der Waals surface area contributed by atoms with Gasteiger partial charge in [0.05, 0.1) is 12.1 Å². The van der Waals surface area contributed by atoms with Gasteiger partial charge in [0, 0.05) is 19.5 Å². The van der Waals surface area contributed by atoms with Gasteiger partial charge in [-0.2, -0.15) is 0 Å². The average molecular weight is 250 g/mol. The van der Waals surface area contributed by atoms with Crippen LogP contribution in [0.25, 0.3) is 0 Å². The van der Waals surface area contributed by atoms with Crippen LogP contribution >= 0.6 is 0 Å². The molecule has 0 radical (unpaired) electrons. The summed E-state index contributed by atoms with van der Waals surface area (Å²) in [4.78, 5) is 8.85. The lowest BCUT2D eigenvalue weighted by molar-refractivity contribution is 0.214. The number of hydrogen-bond donors (Lipinski definition) is 3. The first-order chi connectivity index (χ1) is 8.71. The second kappa shape index (κ2) is 5.52. The number of aliphatic hydroxyl groups is 1. The molecule has 0 spiro atoms. The number of anilines is 2. The lowest BCUT2D eigenvalue weighted by Crippen LogP contribution is -2.39. The van der Waals surface area contributed by atoms with Crippen LogP contribution in [0.4, 0.5) is 11.6 Å². The maximum absolute atomic E-state index is 9.61. The van der Waals surface area contributed by atoms with Crippen molar-refractivity contribution >= 4 is 11.6 Å². The van der Waals surface area contributed by atoms with Crippen LogP contribution in [0.1, 0.15) is 38.4 Å². The minimum Gasteiger partial charge on any atom is -0.394 e. The van der Waals surface area contributed by atoms with E-state index in [9.17, 15) is 5.11 Å². The molecule has 0 atom stereocenters. The third kappa shape index (κ3) is 2.72. The Morgan fingerprint density at radius 3 is 2.50 bits per heavy atom. The molecule has 0 amide bonds. The summed E-state index contributed by atoms with van der Waals surface area (Å²) in [6.45, 7) is 2.20. The molecule has 18 heavy (non-hydrogen) atoms. The molecule has 3 N–H and O–H groups in total. The Labute approximate surface area is 108 Å². The normalized spacial score (nSPS) is 17.7. The summed E-state index contributed by atoms with van der Waals surface area (Å²) in [6, 6.07) is 1.90. The molecular formula is C13H22N4O. The van der Waals surface area contributed by atoms with Crippen LogP contribution in [-0.4, -0.2) is 34.3 Å². The van der Waals surface area contributed by atoms with Crippen molar-refractivity contribution in [1.29, 1.82) is 0 Å². The highest BCUT2D eigenvalue weighted by atomic mass is 16.3. The maximum Gasteiger partial charge on any atom is 0.132 e. The zero-order valence-electron chi connectivity index (χ0n) is 11.2. The van der Waals surface area contributed by atoms with Crippen LogP contribution in [0, 0.1) is 0 Å². The molecule has 1 aliphatic rings. The fourth-order valence-corrected chi connectivity index (χ4v) is 2.49. The summed E-state index contributed by atoms with van der Waals surface area (Å²) in [7, 11) is 1.85. The lowest BCUT2D eigenvalue weighted by atomic mass is 9.99. The number of hydrogen-bond acceptors (Lipinski definition) is 5. The Balaban J connectivity index is 2.21. The Morgan fingerprint density at radius 1 is 1.28 bits per heavy atom. The van der Waals surface area contributed by atoms with Crippen LogP contribution in [0.5, 0.6) is 0 Å². The second-order valence-electron chi connectivity index (χ2n) is 4.93. The first-order valence-corrected chi connectivity index (χ1v) is 6.66. The Kier molecular flexibility index (Phi) is 4.01. The van der Waals surface area contributed by atoms with E-state index in [-0.39, 0.29) is 12.1 Å². The highest BCUT2D eigenvalue weighted by Gasteiger charge is 2.33. The van der Waals surface area contributed by atoms with Crippen molar-refractivity contribution in [2.45, 2.75) is 44.6 Å². The van der Waals surface area contributed by atoms with E-state index in [0.29, 0.717) is 0 Å². The van der Waals surface area contributed by atoms with Crippen LogP contribution < -0.4 is 10.6 Å². The molecule has 0 bridgehead atoms. The minimum atomic E-state index is -0.190. The molecule has 100 valence electrons. The fourth-order valence-electron chi connectivity index (χ4n) is 2.49. The van der Waals surface area contributed by atoms with Gasteiger partial charge in [0.15, 0.2) is 0 Å². The van der Waals surface area contributed by atoms with Gasteiger partial charge >= 0.3 is 0 Å². The monoisotopic (exact) mass is 250 g/mol. The fraction of sp³-hybridized carbons (Fsp3) is 0.692. The molecule has 5 nitrogen and oxygen atoms in total. The standard InChI is InChI=1S/C13H22N4O/c1-3-10-15-11(14-2)8-12(16-10)17-13(9-18)6-4-5-7-13/h8,18H,3-7,9H2,1-2H3,(H2,14,15,16,17). The molecule has 1 heterocycles. The molecule has 1 aromatic rings. The summed E-state index contributed by atoms with van der Waals surface area (Å²) in [6.07, 6.45) is 5.14. The van der Waals surface area contributed by atoms with Crippen molar-refractivity contribution in [3.8, 4) is 0 Å². The summed E-state index contributed by atoms with van der Waals surface area (Å²) < 4.78 is 0. The van der Waals surface area contributed by atoms with Crippen LogP contribution in [0.15, 0.2) is 6.07 Å². The molecule has 0 saturated heterocycles. The van der Waals surface area contributed by atoms with E-state index in [1.807, 2.05) is 20.0 Å². The summed E-state index contributed by atoms with van der Waals surface area (Å²) in [5.74, 6) is 2.44. The second-order valence-corrected chi connectivity index (χ2v) is 4.93. The van der Waals surface area contributed by atoms with E-state index in [2.05, 4.69) is 20.6 Å². The van der Waals surface area contributed by atoms with Crippen LogP contribution in [0.2, 0.25) is 0 Å². The molecule has 5 heteroatoms. The van der Waals surface area contributed by atoms with Gasteiger partial charge in [0.25, 0.3) is 0 Å². The van der Waals surface area contributed by atoms with E-state index in [1.165, 1.54) is 0 Å². The van der Waals surface area contributed by atoms with Gasteiger partial charge in [-0.1, -0.05) is 19.8 Å². The van der Waals surface area contributed by atoms with Crippen molar-refractivity contribution in [3.63, 3.8) is 0 Å². The van der Waals surface area contributed by atoms with E-state index in [4.69, 9.17) is 0 Å². The summed E-state index contributed by atoms with van der Waals surface area (Å²) in [5.41, 5.74) is -0.190. The smallest absolute Gasteiger partial charge is 0.132 e. The third-order valence-corrected chi connectivity index (χ3v) is 3.60. The van der Waals surface area contributed by atoms with Crippen molar-refractivity contribution < 1.29 is 5.11 Å². The van der Waals surface area contributed by atoms with Gasteiger partial charge in [0.2, 0.25) is 0 Å². The van der Waals surface area contributed by atoms with Crippen molar-refractivity contribution in [2.24, 2.45) is 0 Å². The SMILES string of the molecule is CCc1nc(NC)cc(NC2(CO)CCCC2)n1. The highest BCUT2D eigenvalue weighted by molar-refractivity contribution is 5.49. The highest BCUT2D eigenvalue weighted by Crippen LogP contribution is 2.32. The zero-order chi connectivity index (χ0) is 13.0. The molecule has 0 aromatic carbocycles. The number of aromatic nitrogens is 2. The van der Waals surface area contributed by atoms with Crippen molar-refractivity contribution in [1.82, 2.24) is 9.97 Å². The van der Waals surface area contributed by atoms with Crippen LogP contribution in [-0.2, 0) is 6.42 Å². The molecule has 0 aliphatic heterocycles. The van der Waals surface area contributed by atoms with E-state index in [1.54, 1.807) is 0 Å². The first kappa shape index (κ1) is 13.1. The molecule has 1 saturated carbocycles. The largest absolute Gasteiger partial charge is 0.394 e. The predicted molar refractivity (Wildman–Crippen MR) is 72.9 cm³/mol. The average Bonchev–Trinajstić information content (AvgIpc) is 2.87. The van der Waals surface area contributed by atoms with E-state index >= 15 is 0 Å². The van der Waals surface area contributed by atoms with Gasteiger partial charge in [-0.3, -0.25) is 0 Å². The van der Waals surface area contributed by atoms with Gasteiger partial charge in [0.1, 0.15) is 17.5 Å². The molecule has 1 aromatic heterocycles. The van der Waals surface area contributed by atoms with E-state index in [0.717, 1.165) is 49.6 Å². The van der Waals surface area contributed by atoms with Gasteiger partial charge in [-0.25, -0.2) is 9.97 Å². The Hall–Kier alpha value is -1.36. The maximum atomic E-state index is 9.61. The number of nitrogens with one attached hydrogen (secondary N) is 2. The van der Waals surface area contributed by atoms with Gasteiger partial charge in [-0.15, -0.1) is 0 Å². The molecule has 2 rings (SSSR count). The summed E-state index contributed by atoms with van der Waals surface area (Å²) in [5, 5.41) is 16.1. The molecular weight excluding hydrogens is 228 g/mol. The molecule has 0 unspecified atom stereocenters. The zero-order valence-corrected chi connectivity index (χ0v) is 11.2. The number of nitrogens with zero attached hydrogens (tertiary/aromatic N) is 2. The Morgan fingerprint density at radius 2 is 1.94 bits per heavy atom. The number of aryl methyl sites for hydroxylation is 1. The molecule has 1 fully saturated rings. The predicted octanol–water partition coefficient (Wildman–Crippen LogP) is 1.80. The summed E-state index contributed by atoms with van der Waals surface area (Å²) >= 11 is 0. The number of aliphatic hydroxyl groups excluding tert-OH is 1. The van der Waals surface area contributed by atoms with Crippen molar-refractivity contribution in [2.75, 3.05) is 24.3 Å². The van der Waals surface area contributed by atoms with Crippen molar-refractivity contribution in [3.05, 3.63) is 11.9 Å². The molecule has 1 aliphatic carbocycles. The first-order valence-electron chi connectivity index (χ1n) is 6.66. The quantitative estimate of drug-likeness (QED) is 0.743. The van der Waals surface area contributed by atoms with E-state index < -0.39 is 0 Å². The number of rotatable bonds is 5. The minimum absolute atomic E-state index is 0.160. The lowest BCUT2D eigenvalue weighted by Gasteiger charge is -2.28. The van der Waals surface area contributed by atoms with Gasteiger partial charge in [-0.05, 0) is 12.8 Å². The Bertz CT molecular complexity index is 380. The topological polar surface area (TPSA) is 70.1 Å². The third-order valence-electron chi connectivity index (χ3n) is 3.60.